The highest BCUT2D eigenvalue weighted by molar-refractivity contribution is 7.18. The maximum atomic E-state index is 12.8. The van der Waals surface area contributed by atoms with Gasteiger partial charge in [-0.15, -0.1) is 11.3 Å². The number of ether oxygens (including phenoxy) is 4. The third-order valence-electron chi connectivity index (χ3n) is 5.10. The Labute approximate surface area is 213 Å². The highest BCUT2D eigenvalue weighted by Gasteiger charge is 2.27. The van der Waals surface area contributed by atoms with Crippen LogP contribution >= 0.6 is 11.3 Å². The number of anilines is 1. The molecule has 0 fully saturated rings. The first-order valence-corrected chi connectivity index (χ1v) is 11.9. The van der Waals surface area contributed by atoms with E-state index >= 15 is 0 Å². The molecule has 0 unspecified atom stereocenters. The lowest BCUT2D eigenvalue weighted by atomic mass is 10.1. The molecule has 36 heavy (non-hydrogen) atoms. The van der Waals surface area contributed by atoms with Gasteiger partial charge in [-0.3, -0.25) is 4.79 Å². The highest BCUT2D eigenvalue weighted by atomic mass is 32.1. The number of amides is 1. The quantitative estimate of drug-likeness (QED) is 0.294. The average molecular weight is 510 g/mol. The molecule has 3 rings (SSSR count). The minimum Gasteiger partial charge on any atom is -0.493 e. The van der Waals surface area contributed by atoms with Crippen molar-refractivity contribution in [3.8, 4) is 11.5 Å². The number of hydrogen-bond donors (Lipinski definition) is 1. The molecule has 3 aromatic rings. The standard InChI is InChI=1S/C27H27NO7S/c1-5-34-26(30)23-17(2)24(27(31)35-16-19-9-7-6-8-10-19)36-25(23)28-22(29)14-12-18-11-13-20(32-3)21(15-18)33-4/h6-15H,5,16H2,1-4H3,(H,28,29)/b14-12+. The van der Waals surface area contributed by atoms with Crippen molar-refractivity contribution >= 4 is 40.3 Å². The molecule has 0 bridgehead atoms. The molecule has 1 amide bonds. The minimum absolute atomic E-state index is 0.0848. The molecule has 0 saturated heterocycles. The van der Waals surface area contributed by atoms with Crippen LogP contribution in [0.3, 0.4) is 0 Å². The minimum atomic E-state index is -0.632. The summed E-state index contributed by atoms with van der Waals surface area (Å²) in [4.78, 5) is 38.3. The third kappa shape index (κ3) is 6.51. The monoisotopic (exact) mass is 509 g/mol. The van der Waals surface area contributed by atoms with Crippen LogP contribution in [-0.2, 0) is 20.9 Å². The predicted molar refractivity (Wildman–Crippen MR) is 138 cm³/mol. The van der Waals surface area contributed by atoms with Gasteiger partial charge in [-0.05, 0) is 48.7 Å². The summed E-state index contributed by atoms with van der Waals surface area (Å²) < 4.78 is 21.1. The van der Waals surface area contributed by atoms with Gasteiger partial charge in [0.1, 0.15) is 16.5 Å². The molecule has 1 aromatic heterocycles. The number of nitrogens with one attached hydrogen (secondary N) is 1. The number of carbonyl (C=O) groups excluding carboxylic acids is 3. The van der Waals surface area contributed by atoms with E-state index in [0.29, 0.717) is 22.6 Å². The molecule has 0 atom stereocenters. The SMILES string of the molecule is CCOC(=O)c1c(NC(=O)/C=C/c2ccc(OC)c(OC)c2)sc(C(=O)OCc2ccccc2)c1C. The number of esters is 2. The summed E-state index contributed by atoms with van der Waals surface area (Å²) in [6.07, 6.45) is 2.91. The van der Waals surface area contributed by atoms with Gasteiger partial charge in [-0.1, -0.05) is 36.4 Å². The first-order chi connectivity index (χ1) is 17.4. The first kappa shape index (κ1) is 26.5. The van der Waals surface area contributed by atoms with Crippen molar-refractivity contribution in [2.45, 2.75) is 20.5 Å². The lowest BCUT2D eigenvalue weighted by molar-refractivity contribution is -0.111. The van der Waals surface area contributed by atoms with E-state index in [0.717, 1.165) is 16.9 Å². The summed E-state index contributed by atoms with van der Waals surface area (Å²) in [5.41, 5.74) is 2.05. The molecule has 0 aliphatic rings. The maximum Gasteiger partial charge on any atom is 0.349 e. The fourth-order valence-electron chi connectivity index (χ4n) is 3.32. The van der Waals surface area contributed by atoms with Crippen LogP contribution in [-0.4, -0.2) is 38.7 Å². The number of thiophene rings is 1. The van der Waals surface area contributed by atoms with E-state index in [1.807, 2.05) is 30.3 Å². The van der Waals surface area contributed by atoms with Gasteiger partial charge in [0.25, 0.3) is 0 Å². The lowest BCUT2D eigenvalue weighted by Crippen LogP contribution is -2.13. The Morgan fingerprint density at radius 1 is 0.944 bits per heavy atom. The van der Waals surface area contributed by atoms with Gasteiger partial charge >= 0.3 is 11.9 Å². The molecular formula is C27H27NO7S. The Morgan fingerprint density at radius 3 is 2.33 bits per heavy atom. The van der Waals surface area contributed by atoms with Crippen molar-refractivity contribution < 1.29 is 33.3 Å². The van der Waals surface area contributed by atoms with Crippen molar-refractivity contribution in [1.82, 2.24) is 0 Å². The second-order valence-corrected chi connectivity index (χ2v) is 8.50. The zero-order valence-electron chi connectivity index (χ0n) is 20.5. The van der Waals surface area contributed by atoms with Gasteiger partial charge in [0.15, 0.2) is 11.5 Å². The van der Waals surface area contributed by atoms with Crippen LogP contribution in [0.25, 0.3) is 6.08 Å². The largest absolute Gasteiger partial charge is 0.493 e. The van der Waals surface area contributed by atoms with Gasteiger partial charge < -0.3 is 24.3 Å². The van der Waals surface area contributed by atoms with Crippen molar-refractivity contribution in [3.05, 3.63) is 81.7 Å². The number of carbonyl (C=O) groups is 3. The summed E-state index contributed by atoms with van der Waals surface area (Å²) in [7, 11) is 3.06. The summed E-state index contributed by atoms with van der Waals surface area (Å²) in [5.74, 6) is -0.613. The molecule has 0 radical (unpaired) electrons. The first-order valence-electron chi connectivity index (χ1n) is 11.1. The van der Waals surface area contributed by atoms with E-state index in [1.165, 1.54) is 20.3 Å². The Balaban J connectivity index is 1.80. The molecule has 0 aliphatic heterocycles. The van der Waals surface area contributed by atoms with Crippen molar-refractivity contribution in [3.63, 3.8) is 0 Å². The van der Waals surface area contributed by atoms with Crippen LogP contribution in [0.4, 0.5) is 5.00 Å². The number of methoxy groups -OCH3 is 2. The van der Waals surface area contributed by atoms with E-state index in [9.17, 15) is 14.4 Å². The fraction of sp³-hybridized carbons (Fsp3) is 0.222. The Hall–Kier alpha value is -4.11. The van der Waals surface area contributed by atoms with E-state index < -0.39 is 17.8 Å². The lowest BCUT2D eigenvalue weighted by Gasteiger charge is -2.07. The molecule has 0 aliphatic carbocycles. The molecular weight excluding hydrogens is 482 g/mol. The van der Waals surface area contributed by atoms with E-state index in [1.54, 1.807) is 38.1 Å². The zero-order valence-corrected chi connectivity index (χ0v) is 21.3. The van der Waals surface area contributed by atoms with Crippen LogP contribution < -0.4 is 14.8 Å². The molecule has 0 spiro atoms. The molecule has 188 valence electrons. The smallest absolute Gasteiger partial charge is 0.349 e. The third-order valence-corrected chi connectivity index (χ3v) is 6.28. The van der Waals surface area contributed by atoms with Gasteiger partial charge in [-0.2, -0.15) is 0 Å². The average Bonchev–Trinajstić information content (AvgIpc) is 3.21. The summed E-state index contributed by atoms with van der Waals surface area (Å²) >= 11 is 0.967. The predicted octanol–water partition coefficient (Wildman–Crippen LogP) is 5.26. The van der Waals surface area contributed by atoms with E-state index in [2.05, 4.69) is 5.32 Å². The molecule has 0 saturated carbocycles. The molecule has 8 nitrogen and oxygen atoms in total. The van der Waals surface area contributed by atoms with Crippen LogP contribution in [0, 0.1) is 6.92 Å². The molecule has 1 heterocycles. The van der Waals surface area contributed by atoms with Crippen LogP contribution in [0.1, 0.15) is 43.6 Å². The summed E-state index contributed by atoms with van der Waals surface area (Å²) in [5, 5.41) is 2.90. The fourth-order valence-corrected chi connectivity index (χ4v) is 4.41. The number of rotatable bonds is 10. The van der Waals surface area contributed by atoms with Gasteiger partial charge in [-0.25, -0.2) is 9.59 Å². The van der Waals surface area contributed by atoms with Gasteiger partial charge in [0, 0.05) is 6.08 Å². The van der Waals surface area contributed by atoms with Gasteiger partial charge in [0.05, 0.1) is 26.4 Å². The second-order valence-electron chi connectivity index (χ2n) is 7.48. The Kier molecular flexibility index (Phi) is 9.24. The van der Waals surface area contributed by atoms with Crippen molar-refractivity contribution in [1.29, 1.82) is 0 Å². The molecule has 9 heteroatoms. The van der Waals surface area contributed by atoms with E-state index in [4.69, 9.17) is 18.9 Å². The normalized spacial score (nSPS) is 10.7. The summed E-state index contributed by atoms with van der Waals surface area (Å²) in [6.45, 7) is 3.53. The van der Waals surface area contributed by atoms with Gasteiger partial charge in [0.2, 0.25) is 5.91 Å². The second kappa shape index (κ2) is 12.6. The zero-order chi connectivity index (χ0) is 26.1. The molecule has 2 aromatic carbocycles. The van der Waals surface area contributed by atoms with Crippen LogP contribution in [0.15, 0.2) is 54.6 Å². The van der Waals surface area contributed by atoms with Crippen molar-refractivity contribution in [2.24, 2.45) is 0 Å². The Morgan fingerprint density at radius 2 is 1.67 bits per heavy atom. The topological polar surface area (TPSA) is 100 Å². The number of benzene rings is 2. The highest BCUT2D eigenvalue weighted by Crippen LogP contribution is 2.34. The van der Waals surface area contributed by atoms with Crippen molar-refractivity contribution in [2.75, 3.05) is 26.1 Å². The van der Waals surface area contributed by atoms with Crippen LogP contribution in [0.5, 0.6) is 11.5 Å². The Bertz CT molecular complexity index is 1260. The van der Waals surface area contributed by atoms with Crippen LogP contribution in [0.2, 0.25) is 0 Å². The van der Waals surface area contributed by atoms with E-state index in [-0.39, 0.29) is 28.7 Å². The number of hydrogen-bond acceptors (Lipinski definition) is 8. The maximum absolute atomic E-state index is 12.8. The molecule has 1 N–H and O–H groups in total. The summed E-state index contributed by atoms with van der Waals surface area (Å²) in [6, 6.07) is 14.5.